The van der Waals surface area contributed by atoms with Crippen LogP contribution in [0, 0.1) is 5.92 Å². The van der Waals surface area contributed by atoms with Crippen LogP contribution in [-0.2, 0) is 26.3 Å². The number of anilines is 2. The van der Waals surface area contributed by atoms with Crippen LogP contribution in [-0.4, -0.2) is 49.6 Å². The predicted octanol–water partition coefficient (Wildman–Crippen LogP) is 7.55. The number of benzene rings is 2. The molecular weight excluding hydrogens is 585 g/mol. The van der Waals surface area contributed by atoms with Crippen molar-refractivity contribution in [2.75, 3.05) is 23.4 Å². The summed E-state index contributed by atoms with van der Waals surface area (Å²) in [4.78, 5) is 32.7. The summed E-state index contributed by atoms with van der Waals surface area (Å²) >= 11 is 0. The average Bonchev–Trinajstić information content (AvgIpc) is 3.58. The maximum absolute atomic E-state index is 15.9. The van der Waals surface area contributed by atoms with E-state index in [4.69, 9.17) is 4.74 Å². The number of aliphatic hydroxyl groups is 1. The zero-order valence-electron chi connectivity index (χ0n) is 27.2. The van der Waals surface area contributed by atoms with E-state index in [9.17, 15) is 14.7 Å². The molecule has 4 atom stereocenters. The van der Waals surface area contributed by atoms with E-state index in [1.807, 2.05) is 55.6 Å². The van der Waals surface area contributed by atoms with E-state index >= 15 is 4.11 Å². The van der Waals surface area contributed by atoms with Gasteiger partial charge in [0.05, 0.1) is 18.2 Å². The number of nitrogens with one attached hydrogen (secondary N) is 2. The fourth-order valence-electron chi connectivity index (χ4n) is 7.30. The van der Waals surface area contributed by atoms with Gasteiger partial charge in [-0.05, 0) is 83.0 Å². The van der Waals surface area contributed by atoms with Gasteiger partial charge < -0.3 is 29.2 Å². The summed E-state index contributed by atoms with van der Waals surface area (Å²) < 4.78 is 22.6. The molecule has 9 heteroatoms. The molecule has 7 nitrogen and oxygen atoms in total. The van der Waals surface area contributed by atoms with Crippen LogP contribution in [0.1, 0.15) is 58.1 Å². The number of ether oxygens (including phenoxy) is 1. The molecule has 3 N–H and O–H groups in total. The minimum absolute atomic E-state index is 0.156. The fourth-order valence-corrected chi connectivity index (χ4v) is 9.84. The summed E-state index contributed by atoms with van der Waals surface area (Å²) in [6.07, 6.45) is 7.81. The molecule has 0 radical (unpaired) electrons. The van der Waals surface area contributed by atoms with Crippen molar-refractivity contribution in [2.24, 2.45) is 5.92 Å². The molecule has 1 saturated heterocycles. The molecule has 2 aliphatic rings. The van der Waals surface area contributed by atoms with Crippen LogP contribution in [0.3, 0.4) is 0 Å². The number of aliphatic hydroxyl groups excluding tert-OH is 1. The normalized spacial score (nSPS) is 23.2. The molecule has 2 aliphatic heterocycles. The van der Waals surface area contributed by atoms with Crippen LogP contribution >= 0.6 is 0 Å². The van der Waals surface area contributed by atoms with Gasteiger partial charge in [0.1, 0.15) is 0 Å². The van der Waals surface area contributed by atoms with Crippen LogP contribution in [0.4, 0.5) is 15.5 Å². The van der Waals surface area contributed by atoms with Gasteiger partial charge in [-0.3, -0.25) is 9.59 Å². The van der Waals surface area contributed by atoms with Crippen LogP contribution in [0.15, 0.2) is 72.0 Å². The minimum atomic E-state index is -3.31. The Labute approximate surface area is 266 Å². The van der Waals surface area contributed by atoms with Crippen molar-refractivity contribution >= 4 is 42.5 Å². The molecule has 0 saturated carbocycles. The zero-order valence-corrected chi connectivity index (χ0v) is 28.2. The molecular formula is C36H46FN3O4Si. The lowest BCUT2D eigenvalue weighted by molar-refractivity contribution is -0.146. The zero-order chi connectivity index (χ0) is 32.5. The second kappa shape index (κ2) is 13.1. The van der Waals surface area contributed by atoms with Crippen LogP contribution in [0.5, 0.6) is 0 Å². The van der Waals surface area contributed by atoms with Gasteiger partial charge >= 0.3 is 0 Å². The second-order valence-corrected chi connectivity index (χ2v) is 17.2. The standard InChI is InChI=1S/C36H46FN3O4Si/c1-23(2)10-9-11-24(3)16-18-40-31-15-14-27(39-33(42)20-26-22-38-30-13-8-7-12-28(26)30)21-29(31)36(35(40)43)25(4)34(45(5,6)37)32(44-36)17-19-41/h7-8,10,12-16,21-22,25,32,34,38,41H,9,11,17-20H2,1-6H3,(H,39,42)/b24-16+/t25-,32+,34-,36+/m1/s1. The van der Waals surface area contributed by atoms with Gasteiger partial charge in [-0.25, -0.2) is 0 Å². The third-order valence-electron chi connectivity index (χ3n) is 9.40. The molecule has 1 aromatic heterocycles. The van der Waals surface area contributed by atoms with Crippen molar-refractivity contribution in [1.29, 1.82) is 0 Å². The van der Waals surface area contributed by atoms with E-state index in [0.717, 1.165) is 29.3 Å². The third kappa shape index (κ3) is 6.43. The number of hydrogen-bond acceptors (Lipinski definition) is 4. The van der Waals surface area contributed by atoms with Gasteiger partial charge in [0, 0.05) is 53.0 Å². The van der Waals surface area contributed by atoms with Crippen molar-refractivity contribution in [2.45, 2.75) is 83.7 Å². The second-order valence-electron chi connectivity index (χ2n) is 13.4. The molecule has 2 amide bonds. The Morgan fingerprint density at radius 3 is 2.64 bits per heavy atom. The van der Waals surface area contributed by atoms with Gasteiger partial charge in [0.2, 0.25) is 14.3 Å². The Hall–Kier alpha value is -3.53. The topological polar surface area (TPSA) is 94.7 Å². The molecule has 3 aromatic rings. The first-order chi connectivity index (χ1) is 21.4. The minimum Gasteiger partial charge on any atom is -0.396 e. The highest BCUT2D eigenvalue weighted by molar-refractivity contribution is 6.72. The average molecular weight is 632 g/mol. The summed E-state index contributed by atoms with van der Waals surface area (Å²) in [5.41, 5.74) is 4.33. The van der Waals surface area contributed by atoms with Crippen LogP contribution in [0.2, 0.25) is 18.6 Å². The Morgan fingerprint density at radius 1 is 1.18 bits per heavy atom. The van der Waals surface area contributed by atoms with Gasteiger partial charge in [-0.2, -0.15) is 0 Å². The summed E-state index contributed by atoms with van der Waals surface area (Å²) in [6.45, 7) is 11.7. The van der Waals surface area contributed by atoms with Gasteiger partial charge in [-0.15, -0.1) is 0 Å². The SMILES string of the molecule is CC(C)=CCC/C(C)=C/CN1C(=O)[C@@]2(O[C@@H](CCO)[C@H]([Si](C)(C)F)[C@H]2C)c2cc(NC(=O)Cc3c[nH]c4ccccc34)ccc21. The van der Waals surface area contributed by atoms with E-state index in [1.54, 1.807) is 18.0 Å². The fraction of sp³-hybridized carbons (Fsp3) is 0.444. The highest BCUT2D eigenvalue weighted by atomic mass is 28.4. The van der Waals surface area contributed by atoms with Crippen LogP contribution < -0.4 is 10.2 Å². The Kier molecular flexibility index (Phi) is 9.53. The lowest BCUT2D eigenvalue weighted by Gasteiger charge is -2.31. The van der Waals surface area contributed by atoms with Crippen molar-refractivity contribution in [3.8, 4) is 0 Å². The van der Waals surface area contributed by atoms with E-state index in [2.05, 4.69) is 43.2 Å². The number of para-hydroxylation sites is 1. The lowest BCUT2D eigenvalue weighted by Crippen LogP contribution is -2.45. The first-order valence-corrected chi connectivity index (χ1v) is 18.9. The number of rotatable bonds is 11. The third-order valence-corrected chi connectivity index (χ3v) is 11.9. The number of hydrogen-bond donors (Lipinski definition) is 3. The molecule has 0 bridgehead atoms. The van der Waals surface area contributed by atoms with Crippen molar-refractivity contribution < 1.29 is 23.5 Å². The predicted molar refractivity (Wildman–Crippen MR) is 182 cm³/mol. The number of carbonyl (C=O) groups is 2. The monoisotopic (exact) mass is 631 g/mol. The molecule has 2 aromatic carbocycles. The molecule has 1 spiro atoms. The molecule has 0 unspecified atom stereocenters. The molecule has 5 rings (SSSR count). The molecule has 45 heavy (non-hydrogen) atoms. The highest BCUT2D eigenvalue weighted by Gasteiger charge is 2.66. The number of aromatic nitrogens is 1. The number of carbonyl (C=O) groups excluding carboxylic acids is 2. The molecule has 0 aliphatic carbocycles. The Balaban J connectivity index is 1.48. The van der Waals surface area contributed by atoms with E-state index < -0.39 is 31.6 Å². The largest absolute Gasteiger partial charge is 0.396 e. The van der Waals surface area contributed by atoms with E-state index in [0.29, 0.717) is 23.5 Å². The summed E-state index contributed by atoms with van der Waals surface area (Å²) in [7, 11) is -3.31. The molecule has 240 valence electrons. The first-order valence-electron chi connectivity index (χ1n) is 15.9. The maximum atomic E-state index is 15.9. The van der Waals surface area contributed by atoms with E-state index in [-0.39, 0.29) is 31.3 Å². The summed E-state index contributed by atoms with van der Waals surface area (Å²) in [5.74, 6) is -0.861. The number of amides is 2. The van der Waals surface area contributed by atoms with Gasteiger partial charge in [0.25, 0.3) is 5.91 Å². The van der Waals surface area contributed by atoms with Gasteiger partial charge in [-0.1, -0.05) is 48.4 Å². The number of H-pyrrole nitrogens is 1. The van der Waals surface area contributed by atoms with Crippen LogP contribution in [0.25, 0.3) is 10.9 Å². The molecule has 1 fully saturated rings. The van der Waals surface area contributed by atoms with Crippen molar-refractivity contribution in [3.63, 3.8) is 0 Å². The number of nitrogens with zero attached hydrogens (tertiary/aromatic N) is 1. The van der Waals surface area contributed by atoms with Crippen molar-refractivity contribution in [3.05, 3.63) is 83.1 Å². The van der Waals surface area contributed by atoms with Crippen molar-refractivity contribution in [1.82, 2.24) is 4.98 Å². The Morgan fingerprint density at radius 2 is 1.93 bits per heavy atom. The van der Waals surface area contributed by atoms with E-state index in [1.165, 1.54) is 11.1 Å². The smallest absolute Gasteiger partial charge is 0.264 e. The quantitative estimate of drug-likeness (QED) is 0.116. The van der Waals surface area contributed by atoms with Gasteiger partial charge in [0.15, 0.2) is 5.60 Å². The maximum Gasteiger partial charge on any atom is 0.264 e. The first kappa shape index (κ1) is 32.8. The summed E-state index contributed by atoms with van der Waals surface area (Å²) in [6, 6.07) is 13.4. The number of fused-ring (bicyclic) bond motifs is 3. The Bertz CT molecular complexity index is 1640. The summed E-state index contributed by atoms with van der Waals surface area (Å²) in [5, 5.41) is 13.9. The number of allylic oxidation sites excluding steroid dienone is 3. The number of aromatic amines is 1. The number of halogens is 1. The molecule has 3 heterocycles. The lowest BCUT2D eigenvalue weighted by atomic mass is 9.82. The highest BCUT2D eigenvalue weighted by Crippen LogP contribution is 2.60.